The van der Waals surface area contributed by atoms with Crippen LogP contribution in [-0.4, -0.2) is 37.2 Å². The van der Waals surface area contributed by atoms with E-state index in [2.05, 4.69) is 130 Å². The van der Waals surface area contributed by atoms with Crippen molar-refractivity contribution in [2.24, 2.45) is 0 Å². The van der Waals surface area contributed by atoms with Crippen LogP contribution in [0.15, 0.2) is 109 Å². The number of unbranched alkanes of at least 4 members (excludes halogenated alkanes) is 25. The molecule has 1 unspecified atom stereocenters. The van der Waals surface area contributed by atoms with E-state index in [1.54, 1.807) is 0 Å². The van der Waals surface area contributed by atoms with Crippen molar-refractivity contribution >= 4 is 17.9 Å². The molecular weight excluding hydrogens is 901 g/mol. The van der Waals surface area contributed by atoms with Crippen molar-refractivity contribution in [2.75, 3.05) is 13.2 Å². The normalized spacial score (nSPS) is 12.9. The van der Waals surface area contributed by atoms with Crippen LogP contribution in [0.2, 0.25) is 0 Å². The molecule has 0 aromatic carbocycles. The van der Waals surface area contributed by atoms with Crippen LogP contribution in [-0.2, 0) is 28.6 Å². The van der Waals surface area contributed by atoms with E-state index in [1.165, 1.54) is 96.3 Å². The van der Waals surface area contributed by atoms with Crippen LogP contribution in [0.25, 0.3) is 0 Å². The van der Waals surface area contributed by atoms with Crippen LogP contribution in [0.4, 0.5) is 0 Å². The van der Waals surface area contributed by atoms with E-state index in [0.29, 0.717) is 19.3 Å². The minimum absolute atomic E-state index is 0.0881. The Balaban J connectivity index is 4.33. The highest BCUT2D eigenvalue weighted by molar-refractivity contribution is 5.71. The summed E-state index contributed by atoms with van der Waals surface area (Å²) in [6, 6.07) is 0. The summed E-state index contributed by atoms with van der Waals surface area (Å²) >= 11 is 0. The van der Waals surface area contributed by atoms with Crippen LogP contribution >= 0.6 is 0 Å². The average Bonchev–Trinajstić information content (AvgIpc) is 3.39. The molecule has 0 saturated heterocycles. The monoisotopic (exact) mass is 1010 g/mol. The molecule has 73 heavy (non-hydrogen) atoms. The molecular formula is C67H112O6. The number of rotatable bonds is 54. The van der Waals surface area contributed by atoms with Crippen LogP contribution in [0.5, 0.6) is 0 Å². The molecule has 0 spiro atoms. The molecule has 0 aromatic rings. The van der Waals surface area contributed by atoms with Gasteiger partial charge < -0.3 is 14.2 Å². The van der Waals surface area contributed by atoms with Crippen LogP contribution < -0.4 is 0 Å². The van der Waals surface area contributed by atoms with Gasteiger partial charge in [-0.1, -0.05) is 252 Å². The maximum atomic E-state index is 12.9. The van der Waals surface area contributed by atoms with Crippen LogP contribution in [0, 0.1) is 0 Å². The lowest BCUT2D eigenvalue weighted by Crippen LogP contribution is -2.30. The summed E-state index contributed by atoms with van der Waals surface area (Å²) in [4.78, 5) is 38.2. The second kappa shape index (κ2) is 60.6. The molecule has 6 heteroatoms. The lowest BCUT2D eigenvalue weighted by Gasteiger charge is -2.18. The summed E-state index contributed by atoms with van der Waals surface area (Å²) in [6.45, 7) is 6.34. The highest BCUT2D eigenvalue weighted by atomic mass is 16.6. The largest absolute Gasteiger partial charge is 0.462 e. The Kier molecular flexibility index (Phi) is 57.4. The van der Waals surface area contributed by atoms with E-state index in [1.807, 2.05) is 0 Å². The topological polar surface area (TPSA) is 78.9 Å². The number of hydrogen-bond donors (Lipinski definition) is 0. The molecule has 0 heterocycles. The molecule has 0 saturated carbocycles. The molecule has 0 aromatic heterocycles. The minimum Gasteiger partial charge on any atom is -0.462 e. The third-order valence-electron chi connectivity index (χ3n) is 12.7. The Bertz CT molecular complexity index is 1490. The lowest BCUT2D eigenvalue weighted by molar-refractivity contribution is -0.167. The first-order valence-electron chi connectivity index (χ1n) is 30.4. The maximum Gasteiger partial charge on any atom is 0.306 e. The quantitative estimate of drug-likeness (QED) is 0.0261. The van der Waals surface area contributed by atoms with Crippen molar-refractivity contribution in [1.29, 1.82) is 0 Å². The van der Waals surface area contributed by atoms with Gasteiger partial charge in [0.1, 0.15) is 13.2 Å². The SMILES string of the molecule is CC/C=C\C/C=C\C/C=C\C/C=C\CCCCCCCCCCCCCCC(=O)OCC(COC(=O)CCCCCCC/C=C\C/C=C\CCC)OC(=O)CCCCCCCCC/C=C\C/C=C\C/C=C\CC. The fourth-order valence-electron chi connectivity index (χ4n) is 8.25. The second-order valence-electron chi connectivity index (χ2n) is 19.8. The van der Waals surface area contributed by atoms with Crippen molar-refractivity contribution in [2.45, 2.75) is 284 Å². The van der Waals surface area contributed by atoms with E-state index >= 15 is 0 Å². The van der Waals surface area contributed by atoms with Gasteiger partial charge in [-0.15, -0.1) is 0 Å². The fraction of sp³-hybridized carbons (Fsp3) is 0.687. The third kappa shape index (κ3) is 58.8. The van der Waals surface area contributed by atoms with Gasteiger partial charge in [0.15, 0.2) is 6.10 Å². The van der Waals surface area contributed by atoms with Crippen molar-refractivity contribution in [1.82, 2.24) is 0 Å². The van der Waals surface area contributed by atoms with Crippen LogP contribution in [0.1, 0.15) is 278 Å². The molecule has 0 aliphatic carbocycles. The van der Waals surface area contributed by atoms with Crippen molar-refractivity contribution < 1.29 is 28.6 Å². The number of ether oxygens (including phenoxy) is 3. The van der Waals surface area contributed by atoms with Gasteiger partial charge in [0, 0.05) is 19.3 Å². The van der Waals surface area contributed by atoms with Gasteiger partial charge in [-0.05, 0) is 116 Å². The molecule has 416 valence electrons. The van der Waals surface area contributed by atoms with Crippen molar-refractivity contribution in [3.05, 3.63) is 109 Å². The first-order chi connectivity index (χ1) is 36.0. The molecule has 0 fully saturated rings. The standard InChI is InChI=1S/C67H112O6/c1-4-7-10-13-16-19-22-25-27-29-30-31-32-33-34-35-36-38-39-42-45-48-51-54-57-60-66(69)72-63-64(62-71-65(68)59-56-53-50-47-44-41-24-21-18-15-12-9-6-3)73-67(70)61-58-55-52-49-46-43-40-37-28-26-23-20-17-14-11-8-5-2/h7-8,10-12,15-17,19-21,24-28,30-31,64H,4-6,9,13-14,18,22-23,29,32-63H2,1-3H3/b10-7-,11-8-,15-12-,19-16-,20-17-,24-21-,27-25-,28-26-,31-30-. The zero-order valence-electron chi connectivity index (χ0n) is 47.6. The molecule has 0 N–H and O–H groups in total. The Morgan fingerprint density at radius 2 is 0.534 bits per heavy atom. The Morgan fingerprint density at radius 1 is 0.288 bits per heavy atom. The summed E-state index contributed by atoms with van der Waals surface area (Å²) in [7, 11) is 0. The molecule has 1 atom stereocenters. The van der Waals surface area contributed by atoms with E-state index in [4.69, 9.17) is 14.2 Å². The molecule has 6 nitrogen and oxygen atoms in total. The molecule has 0 radical (unpaired) electrons. The van der Waals surface area contributed by atoms with E-state index in [0.717, 1.165) is 141 Å². The first kappa shape index (κ1) is 69.1. The van der Waals surface area contributed by atoms with Gasteiger partial charge in [-0.2, -0.15) is 0 Å². The van der Waals surface area contributed by atoms with Gasteiger partial charge in [-0.3, -0.25) is 14.4 Å². The Hall–Kier alpha value is -3.93. The van der Waals surface area contributed by atoms with Crippen molar-refractivity contribution in [3.63, 3.8) is 0 Å². The predicted molar refractivity (Wildman–Crippen MR) is 316 cm³/mol. The van der Waals surface area contributed by atoms with Gasteiger partial charge in [-0.25, -0.2) is 0 Å². The highest BCUT2D eigenvalue weighted by Gasteiger charge is 2.19. The van der Waals surface area contributed by atoms with E-state index in [9.17, 15) is 14.4 Å². The van der Waals surface area contributed by atoms with Crippen molar-refractivity contribution in [3.8, 4) is 0 Å². The molecule has 0 aliphatic heterocycles. The second-order valence-corrected chi connectivity index (χ2v) is 19.8. The fourth-order valence-corrected chi connectivity index (χ4v) is 8.25. The van der Waals surface area contributed by atoms with Gasteiger partial charge >= 0.3 is 17.9 Å². The number of allylic oxidation sites excluding steroid dienone is 18. The van der Waals surface area contributed by atoms with Gasteiger partial charge in [0.2, 0.25) is 0 Å². The number of carbonyl (C=O) groups is 3. The smallest absolute Gasteiger partial charge is 0.306 e. The van der Waals surface area contributed by atoms with Gasteiger partial charge in [0.25, 0.3) is 0 Å². The Morgan fingerprint density at radius 3 is 0.836 bits per heavy atom. The summed E-state index contributed by atoms with van der Waals surface area (Å²) in [5, 5.41) is 0. The van der Waals surface area contributed by atoms with Gasteiger partial charge in [0.05, 0.1) is 0 Å². The Labute approximate surface area is 450 Å². The first-order valence-corrected chi connectivity index (χ1v) is 30.4. The zero-order chi connectivity index (χ0) is 52.9. The maximum absolute atomic E-state index is 12.9. The third-order valence-corrected chi connectivity index (χ3v) is 12.7. The van der Waals surface area contributed by atoms with Crippen LogP contribution in [0.3, 0.4) is 0 Å². The predicted octanol–water partition coefficient (Wildman–Crippen LogP) is 20.7. The summed E-state index contributed by atoms with van der Waals surface area (Å²) in [5.41, 5.74) is 0. The average molecular weight is 1010 g/mol. The number of esters is 3. The molecule has 0 bridgehead atoms. The summed E-state index contributed by atoms with van der Waals surface area (Å²) < 4.78 is 16.9. The number of hydrogen-bond acceptors (Lipinski definition) is 6. The van der Waals surface area contributed by atoms with E-state index in [-0.39, 0.29) is 31.1 Å². The zero-order valence-corrected chi connectivity index (χ0v) is 47.6. The van der Waals surface area contributed by atoms with E-state index < -0.39 is 6.10 Å². The molecule has 0 rings (SSSR count). The molecule has 0 amide bonds. The number of carbonyl (C=O) groups excluding carboxylic acids is 3. The summed E-state index contributed by atoms with van der Waals surface area (Å²) in [6.07, 6.45) is 82.3. The lowest BCUT2D eigenvalue weighted by atomic mass is 10.0. The minimum atomic E-state index is -0.792. The highest BCUT2D eigenvalue weighted by Crippen LogP contribution is 2.16. The summed E-state index contributed by atoms with van der Waals surface area (Å²) in [5.74, 6) is -0.911. The molecule has 0 aliphatic rings.